The zero-order valence-electron chi connectivity index (χ0n) is 20.4. The largest absolute Gasteiger partial charge is 0.490 e. The fourth-order valence-electron chi connectivity index (χ4n) is 3.64. The minimum Gasteiger partial charge on any atom is -0.490 e. The maximum Gasteiger partial charge on any atom is 0.279 e. The SMILES string of the molecule is CCCn1c(=NC(=O)c2cc(OCC)c(OCC)c(OCC)c2)sc2cc(C(C)C)ccc21. The van der Waals surface area contributed by atoms with Gasteiger partial charge in [-0.3, -0.25) is 4.79 Å². The number of rotatable bonds is 10. The van der Waals surface area contributed by atoms with E-state index in [4.69, 9.17) is 14.2 Å². The van der Waals surface area contributed by atoms with Crippen LogP contribution in [-0.2, 0) is 6.54 Å². The van der Waals surface area contributed by atoms with Gasteiger partial charge in [-0.25, -0.2) is 0 Å². The predicted octanol–water partition coefficient (Wildman–Crippen LogP) is 6.17. The Morgan fingerprint density at radius 1 is 0.970 bits per heavy atom. The van der Waals surface area contributed by atoms with Crippen LogP contribution < -0.4 is 19.0 Å². The fraction of sp³-hybridized carbons (Fsp3) is 0.462. The lowest BCUT2D eigenvalue weighted by Crippen LogP contribution is -2.17. The normalized spacial score (nSPS) is 11.9. The molecule has 0 aliphatic carbocycles. The van der Waals surface area contributed by atoms with E-state index in [-0.39, 0.29) is 5.91 Å². The van der Waals surface area contributed by atoms with Crippen molar-refractivity contribution in [3.63, 3.8) is 0 Å². The van der Waals surface area contributed by atoms with Crippen LogP contribution in [0.25, 0.3) is 10.2 Å². The minimum absolute atomic E-state index is 0.333. The van der Waals surface area contributed by atoms with E-state index in [1.165, 1.54) is 5.56 Å². The van der Waals surface area contributed by atoms with Gasteiger partial charge in [0.1, 0.15) is 0 Å². The van der Waals surface area contributed by atoms with Crippen LogP contribution in [0.3, 0.4) is 0 Å². The van der Waals surface area contributed by atoms with Gasteiger partial charge in [0.25, 0.3) is 5.91 Å². The molecule has 0 aliphatic rings. The summed E-state index contributed by atoms with van der Waals surface area (Å²) < 4.78 is 20.5. The monoisotopic (exact) mass is 470 g/mol. The van der Waals surface area contributed by atoms with Crippen LogP contribution in [0, 0.1) is 0 Å². The Morgan fingerprint density at radius 2 is 1.61 bits per heavy atom. The highest BCUT2D eigenvalue weighted by Crippen LogP contribution is 2.39. The number of fused-ring (bicyclic) bond motifs is 1. The molecule has 0 saturated heterocycles. The number of nitrogens with zero attached hydrogens (tertiary/aromatic N) is 2. The second-order valence-electron chi connectivity index (χ2n) is 7.94. The standard InChI is InChI=1S/C26H34N2O4S/c1-7-13-28-20-12-11-18(17(5)6)16-23(20)33-26(28)27-25(29)19-14-21(30-8-2)24(32-10-4)22(15-19)31-9-3/h11-12,14-17H,7-10,13H2,1-6H3. The molecule has 178 valence electrons. The first-order chi connectivity index (χ1) is 15.9. The molecule has 1 amide bonds. The summed E-state index contributed by atoms with van der Waals surface area (Å²) in [6.07, 6.45) is 0.950. The average Bonchev–Trinajstić information content (AvgIpc) is 3.12. The number of ether oxygens (including phenoxy) is 3. The van der Waals surface area contributed by atoms with E-state index in [1.54, 1.807) is 23.5 Å². The van der Waals surface area contributed by atoms with Crippen molar-refractivity contribution in [2.75, 3.05) is 19.8 Å². The van der Waals surface area contributed by atoms with Crippen molar-refractivity contribution < 1.29 is 19.0 Å². The Kier molecular flexibility index (Phi) is 8.55. The van der Waals surface area contributed by atoms with Crippen molar-refractivity contribution >= 4 is 27.5 Å². The van der Waals surface area contributed by atoms with Gasteiger partial charge in [-0.1, -0.05) is 38.2 Å². The summed E-state index contributed by atoms with van der Waals surface area (Å²) in [5.41, 5.74) is 2.79. The van der Waals surface area contributed by atoms with Crippen LogP contribution in [-0.4, -0.2) is 30.3 Å². The van der Waals surface area contributed by atoms with Gasteiger partial charge in [-0.2, -0.15) is 4.99 Å². The molecule has 1 aromatic heterocycles. The third-order valence-corrected chi connectivity index (χ3v) is 6.22. The molecule has 0 N–H and O–H groups in total. The van der Waals surface area contributed by atoms with Crippen LogP contribution in [0.2, 0.25) is 0 Å². The number of hydrogen-bond acceptors (Lipinski definition) is 5. The number of carbonyl (C=O) groups excluding carboxylic acids is 1. The molecule has 0 radical (unpaired) electrons. The molecule has 0 fully saturated rings. The van der Waals surface area contributed by atoms with E-state index in [1.807, 2.05) is 20.8 Å². The Bertz CT molecular complexity index is 1150. The van der Waals surface area contributed by atoms with Gasteiger partial charge in [0.05, 0.1) is 30.0 Å². The minimum atomic E-state index is -0.333. The maximum absolute atomic E-state index is 13.3. The van der Waals surface area contributed by atoms with Gasteiger partial charge < -0.3 is 18.8 Å². The maximum atomic E-state index is 13.3. The van der Waals surface area contributed by atoms with Gasteiger partial charge in [-0.15, -0.1) is 0 Å². The molecular formula is C26H34N2O4S. The smallest absolute Gasteiger partial charge is 0.279 e. The third kappa shape index (κ3) is 5.58. The molecule has 3 rings (SSSR count). The first-order valence-electron chi connectivity index (χ1n) is 11.7. The summed E-state index contributed by atoms with van der Waals surface area (Å²) >= 11 is 1.55. The van der Waals surface area contributed by atoms with Crippen molar-refractivity contribution in [1.82, 2.24) is 4.57 Å². The van der Waals surface area contributed by atoms with Crippen LogP contribution in [0.1, 0.15) is 69.8 Å². The predicted molar refractivity (Wildman–Crippen MR) is 134 cm³/mol. The number of thiazole rings is 1. The van der Waals surface area contributed by atoms with E-state index < -0.39 is 0 Å². The second-order valence-corrected chi connectivity index (χ2v) is 8.94. The van der Waals surface area contributed by atoms with E-state index >= 15 is 0 Å². The van der Waals surface area contributed by atoms with Crippen molar-refractivity contribution in [2.24, 2.45) is 4.99 Å². The molecule has 33 heavy (non-hydrogen) atoms. The number of carbonyl (C=O) groups is 1. The van der Waals surface area contributed by atoms with E-state index in [0.29, 0.717) is 53.4 Å². The summed E-state index contributed by atoms with van der Waals surface area (Å²) in [5.74, 6) is 1.60. The molecule has 1 heterocycles. The second kappa shape index (κ2) is 11.4. The van der Waals surface area contributed by atoms with E-state index in [2.05, 4.69) is 48.5 Å². The first-order valence-corrected chi connectivity index (χ1v) is 12.5. The number of hydrogen-bond donors (Lipinski definition) is 0. The molecule has 0 spiro atoms. The third-order valence-electron chi connectivity index (χ3n) is 5.17. The van der Waals surface area contributed by atoms with Gasteiger partial charge in [0, 0.05) is 12.1 Å². The summed E-state index contributed by atoms with van der Waals surface area (Å²) in [6.45, 7) is 14.3. The van der Waals surface area contributed by atoms with Gasteiger partial charge >= 0.3 is 0 Å². The van der Waals surface area contributed by atoms with Crippen LogP contribution in [0.4, 0.5) is 0 Å². The summed E-state index contributed by atoms with van der Waals surface area (Å²) in [4.78, 5) is 18.5. The topological polar surface area (TPSA) is 62.1 Å². The Hall–Kier alpha value is -2.80. The van der Waals surface area contributed by atoms with Crippen LogP contribution in [0.15, 0.2) is 35.3 Å². The molecule has 6 nitrogen and oxygen atoms in total. The van der Waals surface area contributed by atoms with Gasteiger partial charge in [0.2, 0.25) is 5.75 Å². The van der Waals surface area contributed by atoms with Crippen LogP contribution >= 0.6 is 11.3 Å². The Labute approximate surface area is 199 Å². The van der Waals surface area contributed by atoms with Gasteiger partial charge in [-0.05, 0) is 62.9 Å². The summed E-state index contributed by atoms with van der Waals surface area (Å²) in [7, 11) is 0. The molecular weight excluding hydrogens is 436 g/mol. The van der Waals surface area contributed by atoms with Crippen molar-refractivity contribution in [3.05, 3.63) is 46.3 Å². The molecule has 0 atom stereocenters. The van der Waals surface area contributed by atoms with Crippen molar-refractivity contribution in [2.45, 2.75) is 60.4 Å². The highest BCUT2D eigenvalue weighted by molar-refractivity contribution is 7.16. The highest BCUT2D eigenvalue weighted by Gasteiger charge is 2.19. The zero-order valence-corrected chi connectivity index (χ0v) is 21.3. The first kappa shape index (κ1) is 24.8. The molecule has 0 bridgehead atoms. The summed E-state index contributed by atoms with van der Waals surface area (Å²) in [5, 5.41) is 0. The molecule has 7 heteroatoms. The number of amides is 1. The molecule has 3 aromatic rings. The Balaban J connectivity index is 2.13. The number of aryl methyl sites for hydroxylation is 1. The number of aromatic nitrogens is 1. The lowest BCUT2D eigenvalue weighted by molar-refractivity contribution is 0.0996. The lowest BCUT2D eigenvalue weighted by atomic mass is 10.0. The Morgan fingerprint density at radius 3 is 2.15 bits per heavy atom. The molecule has 0 saturated carbocycles. The molecule has 0 aliphatic heterocycles. The van der Waals surface area contributed by atoms with E-state index in [0.717, 1.165) is 23.2 Å². The lowest BCUT2D eigenvalue weighted by Gasteiger charge is -2.16. The van der Waals surface area contributed by atoms with Gasteiger partial charge in [0.15, 0.2) is 16.3 Å². The fourth-order valence-corrected chi connectivity index (χ4v) is 4.74. The highest BCUT2D eigenvalue weighted by atomic mass is 32.1. The van der Waals surface area contributed by atoms with E-state index in [9.17, 15) is 4.79 Å². The average molecular weight is 471 g/mol. The van der Waals surface area contributed by atoms with Crippen molar-refractivity contribution in [1.29, 1.82) is 0 Å². The summed E-state index contributed by atoms with van der Waals surface area (Å²) in [6, 6.07) is 9.89. The molecule has 2 aromatic carbocycles. The van der Waals surface area contributed by atoms with Crippen molar-refractivity contribution in [3.8, 4) is 17.2 Å². The zero-order chi connectivity index (χ0) is 24.0. The number of benzene rings is 2. The molecule has 0 unspecified atom stereocenters. The van der Waals surface area contributed by atoms with Crippen LogP contribution in [0.5, 0.6) is 17.2 Å². The quantitative estimate of drug-likeness (QED) is 0.355.